The molecule has 162 valence electrons. The van der Waals surface area contributed by atoms with Crippen LogP contribution in [0.25, 0.3) is 0 Å². The third-order valence-corrected chi connectivity index (χ3v) is 6.39. The Balaban J connectivity index is 1.63. The highest BCUT2D eigenvalue weighted by molar-refractivity contribution is 7.89. The number of carbonyl (C=O) groups excluding carboxylic acids is 1. The Morgan fingerprint density at radius 3 is 2.50 bits per heavy atom. The van der Waals surface area contributed by atoms with Gasteiger partial charge in [-0.05, 0) is 37.0 Å². The number of nitrogens with one attached hydrogen (secondary N) is 1. The van der Waals surface area contributed by atoms with Gasteiger partial charge in [0.2, 0.25) is 16.0 Å². The fourth-order valence-electron chi connectivity index (χ4n) is 3.24. The molecular formula is C19H23FN4O5S. The SMILES string of the molecule is COC(=O)c1ccc(OC)c(S(=O)(=O)NCC2CCN(c3ncc(F)cn3)CC2)c1. The van der Waals surface area contributed by atoms with Gasteiger partial charge in [0.25, 0.3) is 0 Å². The van der Waals surface area contributed by atoms with E-state index in [-0.39, 0.29) is 28.7 Å². The summed E-state index contributed by atoms with van der Waals surface area (Å²) in [4.78, 5) is 21.5. The summed E-state index contributed by atoms with van der Waals surface area (Å²) in [6, 6.07) is 4.10. The number of esters is 1. The van der Waals surface area contributed by atoms with Gasteiger partial charge >= 0.3 is 5.97 Å². The van der Waals surface area contributed by atoms with E-state index in [1.54, 1.807) is 0 Å². The zero-order valence-electron chi connectivity index (χ0n) is 16.7. The molecule has 1 aromatic heterocycles. The van der Waals surface area contributed by atoms with Crippen LogP contribution in [0.5, 0.6) is 5.75 Å². The van der Waals surface area contributed by atoms with E-state index in [0.29, 0.717) is 19.0 Å². The minimum atomic E-state index is -3.90. The van der Waals surface area contributed by atoms with Crippen molar-refractivity contribution in [3.8, 4) is 5.75 Å². The first-order valence-corrected chi connectivity index (χ1v) is 10.8. The quantitative estimate of drug-likeness (QED) is 0.649. The fourth-order valence-corrected chi connectivity index (χ4v) is 4.55. The van der Waals surface area contributed by atoms with Gasteiger partial charge in [-0.25, -0.2) is 32.3 Å². The number of methoxy groups -OCH3 is 2. The molecule has 2 heterocycles. The summed E-state index contributed by atoms with van der Waals surface area (Å²) in [5.41, 5.74) is 0.117. The van der Waals surface area contributed by atoms with Crippen molar-refractivity contribution in [2.45, 2.75) is 17.7 Å². The molecule has 0 unspecified atom stereocenters. The molecule has 1 aromatic carbocycles. The smallest absolute Gasteiger partial charge is 0.337 e. The van der Waals surface area contributed by atoms with Crippen molar-refractivity contribution in [3.63, 3.8) is 0 Å². The van der Waals surface area contributed by atoms with Crippen LogP contribution in [0.15, 0.2) is 35.5 Å². The number of hydrogen-bond acceptors (Lipinski definition) is 8. The third-order valence-electron chi connectivity index (χ3n) is 4.94. The molecule has 11 heteroatoms. The van der Waals surface area contributed by atoms with Crippen molar-refractivity contribution in [2.24, 2.45) is 5.92 Å². The maximum absolute atomic E-state index is 13.0. The number of hydrogen-bond donors (Lipinski definition) is 1. The molecule has 2 aromatic rings. The largest absolute Gasteiger partial charge is 0.495 e. The number of aromatic nitrogens is 2. The normalized spacial score (nSPS) is 15.1. The number of nitrogens with zero attached hydrogens (tertiary/aromatic N) is 3. The number of ether oxygens (including phenoxy) is 2. The van der Waals surface area contributed by atoms with E-state index >= 15 is 0 Å². The minimum absolute atomic E-state index is 0.117. The van der Waals surface area contributed by atoms with Crippen LogP contribution in [-0.2, 0) is 14.8 Å². The van der Waals surface area contributed by atoms with Gasteiger partial charge < -0.3 is 14.4 Å². The summed E-state index contributed by atoms with van der Waals surface area (Å²) in [5, 5.41) is 0. The van der Waals surface area contributed by atoms with Crippen LogP contribution in [0.3, 0.4) is 0 Å². The number of rotatable bonds is 7. The Morgan fingerprint density at radius 2 is 1.90 bits per heavy atom. The van der Waals surface area contributed by atoms with Crippen LogP contribution in [0, 0.1) is 11.7 Å². The number of piperidine rings is 1. The molecule has 0 radical (unpaired) electrons. The molecule has 0 amide bonds. The first kappa shape index (κ1) is 21.9. The molecule has 1 N–H and O–H groups in total. The molecule has 9 nitrogen and oxygen atoms in total. The molecule has 0 saturated carbocycles. The molecule has 1 aliphatic heterocycles. The lowest BCUT2D eigenvalue weighted by molar-refractivity contribution is 0.0600. The van der Waals surface area contributed by atoms with E-state index in [1.165, 1.54) is 32.4 Å². The molecule has 0 atom stereocenters. The van der Waals surface area contributed by atoms with E-state index < -0.39 is 21.8 Å². The molecule has 1 saturated heterocycles. The highest BCUT2D eigenvalue weighted by Gasteiger charge is 2.26. The predicted octanol–water partition coefficient (Wildman–Crippen LogP) is 1.61. The summed E-state index contributed by atoms with van der Waals surface area (Å²) in [6.45, 7) is 1.52. The highest BCUT2D eigenvalue weighted by Crippen LogP contribution is 2.26. The van der Waals surface area contributed by atoms with E-state index in [9.17, 15) is 17.6 Å². The molecule has 0 aliphatic carbocycles. The molecule has 1 aliphatic rings. The monoisotopic (exact) mass is 438 g/mol. The Bertz CT molecular complexity index is 992. The average molecular weight is 438 g/mol. The van der Waals surface area contributed by atoms with Crippen LogP contribution in [0.1, 0.15) is 23.2 Å². The second kappa shape index (κ2) is 9.35. The lowest BCUT2D eigenvalue weighted by atomic mass is 9.97. The maximum atomic E-state index is 13.0. The van der Waals surface area contributed by atoms with Crippen LogP contribution >= 0.6 is 0 Å². The Hall–Kier alpha value is -2.79. The fraction of sp³-hybridized carbons (Fsp3) is 0.421. The van der Waals surface area contributed by atoms with Crippen LogP contribution < -0.4 is 14.4 Å². The highest BCUT2D eigenvalue weighted by atomic mass is 32.2. The van der Waals surface area contributed by atoms with Gasteiger partial charge in [0.05, 0.1) is 32.2 Å². The summed E-state index contributed by atoms with van der Waals surface area (Å²) in [7, 11) is -1.31. The lowest BCUT2D eigenvalue weighted by Gasteiger charge is -2.31. The van der Waals surface area contributed by atoms with E-state index in [1.807, 2.05) is 4.90 Å². The van der Waals surface area contributed by atoms with E-state index in [0.717, 1.165) is 25.2 Å². The van der Waals surface area contributed by atoms with Crippen molar-refractivity contribution < 1.29 is 27.1 Å². The number of benzene rings is 1. The van der Waals surface area contributed by atoms with Crippen molar-refractivity contribution >= 4 is 21.9 Å². The van der Waals surface area contributed by atoms with Gasteiger partial charge in [-0.1, -0.05) is 0 Å². The lowest BCUT2D eigenvalue weighted by Crippen LogP contribution is -2.39. The Labute approximate surface area is 174 Å². The van der Waals surface area contributed by atoms with Gasteiger partial charge in [0.15, 0.2) is 5.82 Å². The van der Waals surface area contributed by atoms with Gasteiger partial charge in [0.1, 0.15) is 10.6 Å². The van der Waals surface area contributed by atoms with Gasteiger partial charge in [-0.3, -0.25) is 0 Å². The first-order chi connectivity index (χ1) is 14.3. The molecule has 0 bridgehead atoms. The second-order valence-electron chi connectivity index (χ2n) is 6.84. The van der Waals surface area contributed by atoms with Crippen molar-refractivity contribution in [3.05, 3.63) is 42.0 Å². The van der Waals surface area contributed by atoms with Gasteiger partial charge in [0, 0.05) is 19.6 Å². The van der Waals surface area contributed by atoms with Crippen LogP contribution in [-0.4, -0.2) is 58.2 Å². The maximum Gasteiger partial charge on any atom is 0.337 e. The third kappa shape index (κ3) is 5.03. The zero-order valence-corrected chi connectivity index (χ0v) is 17.5. The van der Waals surface area contributed by atoms with Crippen molar-refractivity contribution in [1.82, 2.24) is 14.7 Å². The van der Waals surface area contributed by atoms with Crippen LogP contribution in [0.2, 0.25) is 0 Å². The van der Waals surface area contributed by atoms with Gasteiger partial charge in [-0.15, -0.1) is 0 Å². The summed E-state index contributed by atoms with van der Waals surface area (Å²) in [5.74, 6) is -0.413. The Morgan fingerprint density at radius 1 is 1.23 bits per heavy atom. The number of halogens is 1. The molecule has 1 fully saturated rings. The van der Waals surface area contributed by atoms with Crippen molar-refractivity contribution in [1.29, 1.82) is 0 Å². The summed E-state index contributed by atoms with van der Waals surface area (Å²) < 4.78 is 51.0. The number of carbonyl (C=O) groups is 1. The van der Waals surface area contributed by atoms with Crippen molar-refractivity contribution in [2.75, 3.05) is 38.8 Å². The second-order valence-corrected chi connectivity index (χ2v) is 8.58. The molecule has 3 rings (SSSR count). The number of sulfonamides is 1. The Kier molecular flexibility index (Phi) is 6.83. The zero-order chi connectivity index (χ0) is 21.7. The summed E-state index contributed by atoms with van der Waals surface area (Å²) in [6.07, 6.45) is 3.70. The molecule has 0 spiro atoms. The minimum Gasteiger partial charge on any atom is -0.495 e. The standard InChI is InChI=1S/C19H23FN4O5S/c1-28-16-4-3-14(18(25)29-2)9-17(16)30(26,27)23-10-13-5-7-24(8-6-13)19-21-11-15(20)12-22-19/h3-4,9,11-13,23H,5-8,10H2,1-2H3. The van der Waals surface area contributed by atoms with E-state index in [4.69, 9.17) is 4.74 Å². The predicted molar refractivity (Wildman–Crippen MR) is 106 cm³/mol. The summed E-state index contributed by atoms with van der Waals surface area (Å²) >= 11 is 0. The average Bonchev–Trinajstić information content (AvgIpc) is 2.77. The number of anilines is 1. The van der Waals surface area contributed by atoms with E-state index in [2.05, 4.69) is 19.4 Å². The first-order valence-electron chi connectivity index (χ1n) is 9.32. The topological polar surface area (TPSA) is 111 Å². The van der Waals surface area contributed by atoms with Crippen LogP contribution in [0.4, 0.5) is 10.3 Å². The molecule has 30 heavy (non-hydrogen) atoms. The molecular weight excluding hydrogens is 415 g/mol. The van der Waals surface area contributed by atoms with Gasteiger partial charge in [-0.2, -0.15) is 0 Å².